The monoisotopic (exact) mass is 531 g/mol. The second-order valence-electron chi connectivity index (χ2n) is 10.7. The fraction of sp³-hybridized carbons (Fsp3) is 0.345. The molecule has 0 unspecified atom stereocenters. The van der Waals surface area contributed by atoms with Crippen molar-refractivity contribution < 1.29 is 18.8 Å². The van der Waals surface area contributed by atoms with Gasteiger partial charge in [-0.05, 0) is 73.9 Å². The lowest BCUT2D eigenvalue weighted by Gasteiger charge is -2.32. The Kier molecular flexibility index (Phi) is 7.07. The zero-order valence-electron chi connectivity index (χ0n) is 22.2. The fourth-order valence-electron chi connectivity index (χ4n) is 4.81. The van der Waals surface area contributed by atoms with Gasteiger partial charge in [0.1, 0.15) is 6.61 Å². The van der Waals surface area contributed by atoms with Gasteiger partial charge in [0.2, 0.25) is 5.28 Å². The first-order chi connectivity index (χ1) is 18.1. The van der Waals surface area contributed by atoms with E-state index in [9.17, 15) is 4.79 Å². The van der Waals surface area contributed by atoms with Gasteiger partial charge in [0.05, 0.1) is 11.2 Å². The summed E-state index contributed by atoms with van der Waals surface area (Å²) in [7, 11) is -0.663. The summed E-state index contributed by atoms with van der Waals surface area (Å²) < 4.78 is 18.3. The lowest BCUT2D eigenvalue weighted by molar-refractivity contribution is 0.00578. The molecule has 1 aliphatic carbocycles. The van der Waals surface area contributed by atoms with E-state index in [2.05, 4.69) is 39.6 Å². The first-order valence-corrected chi connectivity index (χ1v) is 13.1. The molecule has 2 aromatic carbocycles. The van der Waals surface area contributed by atoms with Crippen LogP contribution < -0.4 is 5.32 Å². The van der Waals surface area contributed by atoms with Gasteiger partial charge in [0, 0.05) is 29.9 Å². The Labute approximate surface area is 228 Å². The largest absolute Gasteiger partial charge is 0.492 e. The van der Waals surface area contributed by atoms with Crippen LogP contribution in [0.15, 0.2) is 60.2 Å². The zero-order valence-corrected chi connectivity index (χ0v) is 23.0. The van der Waals surface area contributed by atoms with Crippen LogP contribution in [0.4, 0.5) is 4.79 Å². The van der Waals surface area contributed by atoms with Gasteiger partial charge in [-0.1, -0.05) is 54.6 Å². The summed E-state index contributed by atoms with van der Waals surface area (Å²) in [5, 5.41) is 3.06. The molecule has 3 aromatic rings. The maximum atomic E-state index is 12.9. The molecule has 1 fully saturated rings. The third-order valence-corrected chi connectivity index (χ3v) is 7.85. The lowest BCUT2D eigenvalue weighted by atomic mass is 9.77. The summed E-state index contributed by atoms with van der Waals surface area (Å²) in [4.78, 5) is 21.2. The molecule has 0 saturated carbocycles. The zero-order chi connectivity index (χ0) is 27.1. The van der Waals surface area contributed by atoms with Crippen LogP contribution in [-0.2, 0) is 14.0 Å². The van der Waals surface area contributed by atoms with Gasteiger partial charge in [-0.3, -0.25) is 0 Å². The second-order valence-corrected chi connectivity index (χ2v) is 11.0. The van der Waals surface area contributed by atoms with Crippen LogP contribution in [-0.4, -0.2) is 47.5 Å². The third kappa shape index (κ3) is 5.08. The molecule has 7 nitrogen and oxygen atoms in total. The molecule has 0 spiro atoms. The lowest BCUT2D eigenvalue weighted by Crippen LogP contribution is -2.41. The van der Waals surface area contributed by atoms with E-state index in [1.807, 2.05) is 65.0 Å². The number of amides is 1. The second kappa shape index (κ2) is 10.2. The van der Waals surface area contributed by atoms with E-state index in [1.54, 1.807) is 6.20 Å². The van der Waals surface area contributed by atoms with E-state index >= 15 is 0 Å². The molecule has 1 amide bonds. The molecule has 2 heterocycles. The van der Waals surface area contributed by atoms with E-state index in [0.29, 0.717) is 11.2 Å². The van der Waals surface area contributed by atoms with E-state index in [1.165, 1.54) is 11.1 Å². The number of hydrogen-bond acceptors (Lipinski definition) is 6. The Balaban J connectivity index is 1.31. The first kappa shape index (κ1) is 26.4. The predicted octanol–water partition coefficient (Wildman–Crippen LogP) is 5.99. The number of nitrogens with one attached hydrogen (secondary N) is 1. The number of aryl methyl sites for hydroxylation is 1. The van der Waals surface area contributed by atoms with Crippen molar-refractivity contribution in [1.82, 2.24) is 15.3 Å². The van der Waals surface area contributed by atoms with Gasteiger partial charge in [0.25, 0.3) is 0 Å². The quantitative estimate of drug-likeness (QED) is 0.311. The van der Waals surface area contributed by atoms with Gasteiger partial charge in [-0.2, -0.15) is 0 Å². The Hall–Kier alpha value is -3.20. The molecule has 196 valence electrons. The van der Waals surface area contributed by atoms with Gasteiger partial charge in [-0.25, -0.2) is 14.8 Å². The number of alkyl carbamates (subject to hydrolysis) is 1. The van der Waals surface area contributed by atoms with Gasteiger partial charge >= 0.3 is 13.2 Å². The Morgan fingerprint density at radius 3 is 2.21 bits per heavy atom. The van der Waals surface area contributed by atoms with Crippen LogP contribution in [0.2, 0.25) is 5.28 Å². The number of aromatic nitrogens is 2. The summed E-state index contributed by atoms with van der Waals surface area (Å²) in [5.74, 6) is -0.0138. The van der Waals surface area contributed by atoms with Crippen LogP contribution in [0.3, 0.4) is 0 Å². The Morgan fingerprint density at radius 1 is 1.05 bits per heavy atom. The smallest absolute Gasteiger partial charge is 0.449 e. The molecule has 0 atom stereocenters. The number of ether oxygens (including phenoxy) is 1. The molecular formula is C29H31BClN3O4. The molecule has 1 aliphatic heterocycles. The molecule has 9 heteroatoms. The first-order valence-electron chi connectivity index (χ1n) is 12.7. The van der Waals surface area contributed by atoms with Crippen molar-refractivity contribution in [3.8, 4) is 11.1 Å². The number of nitrogens with zero attached hydrogens (tertiary/aromatic N) is 2. The summed E-state index contributed by atoms with van der Waals surface area (Å²) in [5.41, 5.74) is 5.81. The molecule has 1 saturated heterocycles. The predicted molar refractivity (Wildman–Crippen MR) is 149 cm³/mol. The van der Waals surface area contributed by atoms with E-state index in [4.69, 9.17) is 25.6 Å². The van der Waals surface area contributed by atoms with Gasteiger partial charge in [0.15, 0.2) is 0 Å². The van der Waals surface area contributed by atoms with Crippen molar-refractivity contribution in [3.63, 3.8) is 0 Å². The van der Waals surface area contributed by atoms with E-state index in [-0.39, 0.29) is 24.4 Å². The molecular weight excluding hydrogens is 501 g/mol. The maximum absolute atomic E-state index is 12.9. The van der Waals surface area contributed by atoms with Crippen LogP contribution in [0, 0.1) is 6.92 Å². The number of fused-ring (bicyclic) bond motifs is 3. The number of carbonyl (C=O) groups excluding carboxylic acids is 1. The Morgan fingerprint density at radius 2 is 1.63 bits per heavy atom. The minimum atomic E-state index is -0.663. The molecule has 1 aromatic heterocycles. The number of rotatable bonds is 6. The average molecular weight is 532 g/mol. The number of benzene rings is 2. The van der Waals surface area contributed by atoms with Crippen LogP contribution in [0.1, 0.15) is 56.0 Å². The van der Waals surface area contributed by atoms with Crippen molar-refractivity contribution in [2.45, 2.75) is 51.7 Å². The number of hydrogen-bond donors (Lipinski definition) is 1. The van der Waals surface area contributed by atoms with Gasteiger partial charge < -0.3 is 19.4 Å². The van der Waals surface area contributed by atoms with E-state index in [0.717, 1.165) is 16.7 Å². The molecule has 5 rings (SSSR count). The third-order valence-electron chi connectivity index (χ3n) is 7.67. The molecule has 1 N–H and O–H groups in total. The highest BCUT2D eigenvalue weighted by Crippen LogP contribution is 2.44. The summed E-state index contributed by atoms with van der Waals surface area (Å²) in [6, 6.07) is 16.5. The number of carbonyl (C=O) groups is 1. The van der Waals surface area contributed by atoms with Crippen molar-refractivity contribution in [1.29, 1.82) is 0 Å². The van der Waals surface area contributed by atoms with Crippen LogP contribution in [0.25, 0.3) is 17.2 Å². The van der Waals surface area contributed by atoms with E-state index < -0.39 is 24.4 Å². The average Bonchev–Trinajstić information content (AvgIpc) is 3.30. The highest BCUT2D eigenvalue weighted by Gasteiger charge is 2.52. The van der Waals surface area contributed by atoms with Crippen molar-refractivity contribution in [3.05, 3.63) is 87.9 Å². The summed E-state index contributed by atoms with van der Waals surface area (Å²) in [6.45, 7) is 10.2. The molecule has 2 aliphatic rings. The van der Waals surface area contributed by atoms with Crippen LogP contribution in [0.5, 0.6) is 0 Å². The topological polar surface area (TPSA) is 82.6 Å². The fourth-order valence-corrected chi connectivity index (χ4v) is 4.99. The van der Waals surface area contributed by atoms with Crippen molar-refractivity contribution in [2.24, 2.45) is 0 Å². The molecule has 38 heavy (non-hydrogen) atoms. The molecule has 0 radical (unpaired) electrons. The Bertz CT molecular complexity index is 1350. The minimum absolute atomic E-state index is 0.0138. The summed E-state index contributed by atoms with van der Waals surface area (Å²) >= 11 is 5.94. The van der Waals surface area contributed by atoms with Crippen molar-refractivity contribution >= 4 is 30.9 Å². The highest BCUT2D eigenvalue weighted by atomic mass is 35.5. The normalized spacial score (nSPS) is 17.7. The van der Waals surface area contributed by atoms with Crippen LogP contribution >= 0.6 is 11.6 Å². The SMILES string of the molecule is Cc1nc(Cl)ncc1C=C(CNC(=O)OCC1c2ccccc2-c2ccccc21)B1OC(C)(C)C(C)(C)O1. The maximum Gasteiger partial charge on any atom is 0.492 e. The summed E-state index contributed by atoms with van der Waals surface area (Å²) in [6.07, 6.45) is 3.00. The minimum Gasteiger partial charge on any atom is -0.449 e. The van der Waals surface area contributed by atoms with Crippen molar-refractivity contribution in [2.75, 3.05) is 13.2 Å². The highest BCUT2D eigenvalue weighted by molar-refractivity contribution is 6.56. The standard InChI is InChI=1S/C29H31BClN3O4/c1-18-19(15-32-26(31)34-18)14-20(30-37-28(2,3)29(4,5)38-30)16-33-27(35)36-17-25-23-12-8-6-10-21(23)22-11-7-9-13-24(22)25/h6-15,25H,16-17H2,1-5H3,(H,33,35). The van der Waals surface area contributed by atoms with Gasteiger partial charge in [-0.15, -0.1) is 0 Å². The number of halogens is 1. The molecule has 0 bridgehead atoms.